The fourth-order valence-corrected chi connectivity index (χ4v) is 4.18. The number of amides is 2. The minimum absolute atomic E-state index is 0.225. The van der Waals surface area contributed by atoms with Crippen LogP contribution in [0, 0.1) is 19.3 Å². The van der Waals surface area contributed by atoms with Gasteiger partial charge in [-0.1, -0.05) is 51.0 Å². The van der Waals surface area contributed by atoms with Gasteiger partial charge in [0.2, 0.25) is 0 Å². The van der Waals surface area contributed by atoms with Crippen molar-refractivity contribution in [2.24, 2.45) is 10.5 Å². The van der Waals surface area contributed by atoms with Crippen LogP contribution in [0.25, 0.3) is 0 Å². The Morgan fingerprint density at radius 1 is 1.12 bits per heavy atom. The molecule has 32 heavy (non-hydrogen) atoms. The molecule has 1 aliphatic rings. The van der Waals surface area contributed by atoms with Crippen LogP contribution in [-0.4, -0.2) is 41.2 Å². The number of fused-ring (bicyclic) bond motifs is 1. The summed E-state index contributed by atoms with van der Waals surface area (Å²) < 4.78 is 0. The highest BCUT2D eigenvalue weighted by atomic mass is 16.2. The predicted octanol–water partition coefficient (Wildman–Crippen LogP) is 2.54. The van der Waals surface area contributed by atoms with Gasteiger partial charge in [-0.15, -0.1) is 0 Å². The number of aryl methyl sites for hydroxylation is 2. The summed E-state index contributed by atoms with van der Waals surface area (Å²) in [6.45, 7) is 12.1. The number of hydrazone groups is 1. The third-order valence-corrected chi connectivity index (χ3v) is 5.65. The van der Waals surface area contributed by atoms with Gasteiger partial charge in [-0.3, -0.25) is 15.0 Å². The number of benzene rings is 2. The summed E-state index contributed by atoms with van der Waals surface area (Å²) in [6.07, 6.45) is 2.26. The number of nitrogens with zero attached hydrogens (tertiary/aromatic N) is 2. The summed E-state index contributed by atoms with van der Waals surface area (Å²) in [5.41, 5.74) is 6.75. The number of nitrogens with one attached hydrogen (secondary N) is 2. The molecule has 2 aromatic carbocycles. The van der Waals surface area contributed by atoms with Crippen LogP contribution in [0.1, 0.15) is 71.5 Å². The van der Waals surface area contributed by atoms with E-state index in [1.165, 1.54) is 5.01 Å². The van der Waals surface area contributed by atoms with Gasteiger partial charge in [0.05, 0.1) is 12.3 Å². The Morgan fingerprint density at radius 3 is 2.38 bits per heavy atom. The fourth-order valence-electron chi connectivity index (χ4n) is 4.18. The number of hydrogen-bond acceptors (Lipinski definition) is 5. The first-order chi connectivity index (χ1) is 15.0. The maximum atomic E-state index is 13.6. The van der Waals surface area contributed by atoms with E-state index in [0.717, 1.165) is 16.7 Å². The highest BCUT2D eigenvalue weighted by Crippen LogP contribution is 2.27. The van der Waals surface area contributed by atoms with Crippen LogP contribution >= 0.6 is 0 Å². The van der Waals surface area contributed by atoms with Gasteiger partial charge in [0.25, 0.3) is 11.8 Å². The Labute approximate surface area is 190 Å². The predicted molar refractivity (Wildman–Crippen MR) is 128 cm³/mol. The van der Waals surface area contributed by atoms with E-state index >= 15 is 0 Å². The molecule has 7 nitrogen and oxygen atoms in total. The molecule has 0 saturated heterocycles. The molecular formula is C24H31BN4O3. The summed E-state index contributed by atoms with van der Waals surface area (Å²) in [5.74, 6) is -0.665. The lowest BCUT2D eigenvalue weighted by atomic mass is 9.71. The van der Waals surface area contributed by atoms with E-state index in [9.17, 15) is 14.6 Å². The first-order valence-electron chi connectivity index (χ1n) is 10.8. The maximum Gasteiger partial charge on any atom is 0.464 e. The second kappa shape index (κ2) is 9.16. The number of hydrogen-bond donors (Lipinski definition) is 3. The Hall–Kier alpha value is -3.13. The Balaban J connectivity index is 1.97. The Morgan fingerprint density at radius 2 is 1.78 bits per heavy atom. The maximum absolute atomic E-state index is 13.6. The van der Waals surface area contributed by atoms with Crippen LogP contribution in [-0.2, 0) is 0 Å². The van der Waals surface area contributed by atoms with Crippen molar-refractivity contribution in [1.29, 1.82) is 0 Å². The van der Waals surface area contributed by atoms with Gasteiger partial charge in [0, 0.05) is 11.1 Å². The normalized spacial score (nSPS) is 13.8. The van der Waals surface area contributed by atoms with Crippen LogP contribution in [0.15, 0.2) is 41.5 Å². The van der Waals surface area contributed by atoms with E-state index in [1.807, 2.05) is 39.0 Å². The molecule has 0 fully saturated rings. The fraction of sp³-hybridized carbons (Fsp3) is 0.375. The second-order valence-corrected chi connectivity index (χ2v) is 9.42. The first-order valence-corrected chi connectivity index (χ1v) is 10.8. The highest BCUT2D eigenvalue weighted by Gasteiger charge is 2.34. The molecule has 0 aliphatic carbocycles. The van der Waals surface area contributed by atoms with Crippen molar-refractivity contribution in [2.45, 2.75) is 54.0 Å². The van der Waals surface area contributed by atoms with E-state index in [0.29, 0.717) is 23.0 Å². The molecule has 0 bridgehead atoms. The lowest BCUT2D eigenvalue weighted by Gasteiger charge is -2.39. The molecule has 2 aromatic rings. The molecule has 3 rings (SSSR count). The molecule has 0 spiro atoms. The van der Waals surface area contributed by atoms with E-state index in [4.69, 9.17) is 0 Å². The van der Waals surface area contributed by atoms with E-state index in [2.05, 4.69) is 36.6 Å². The monoisotopic (exact) mass is 434 g/mol. The summed E-state index contributed by atoms with van der Waals surface area (Å²) in [6, 6.07) is 10.5. The van der Waals surface area contributed by atoms with Crippen LogP contribution in [0.5, 0.6) is 0 Å². The van der Waals surface area contributed by atoms with E-state index in [1.54, 1.807) is 24.4 Å². The largest absolute Gasteiger partial charge is 0.464 e. The van der Waals surface area contributed by atoms with Crippen LogP contribution in [0.3, 0.4) is 0 Å². The Kier molecular flexibility index (Phi) is 6.74. The Bertz CT molecular complexity index is 1040. The van der Waals surface area contributed by atoms with Gasteiger partial charge in [0.15, 0.2) is 0 Å². The minimum atomic E-state index is -0.992. The SMILES string of the molecule is CC[C@@H](N(NC(=O)c1ccc2c(c1)B(O)NN=C2)C(=O)c1cc(C)cc(C)c1)C(C)(C)C. The zero-order valence-electron chi connectivity index (χ0n) is 19.6. The minimum Gasteiger partial charge on any atom is -0.428 e. The van der Waals surface area contributed by atoms with Gasteiger partial charge in [0.1, 0.15) is 0 Å². The lowest BCUT2D eigenvalue weighted by Crippen LogP contribution is -2.56. The third-order valence-electron chi connectivity index (χ3n) is 5.65. The molecule has 0 aromatic heterocycles. The van der Waals surface area contributed by atoms with Gasteiger partial charge < -0.3 is 10.4 Å². The molecule has 0 saturated carbocycles. The van der Waals surface area contributed by atoms with Crippen LogP contribution < -0.4 is 16.2 Å². The zero-order valence-corrected chi connectivity index (χ0v) is 19.6. The highest BCUT2D eigenvalue weighted by molar-refractivity contribution is 6.65. The number of carbonyl (C=O) groups excluding carboxylic acids is 2. The number of carbonyl (C=O) groups is 2. The smallest absolute Gasteiger partial charge is 0.428 e. The van der Waals surface area contributed by atoms with Gasteiger partial charge >= 0.3 is 7.05 Å². The van der Waals surface area contributed by atoms with Gasteiger partial charge in [-0.25, -0.2) is 5.01 Å². The van der Waals surface area contributed by atoms with Crippen molar-refractivity contribution in [2.75, 3.05) is 0 Å². The molecule has 1 atom stereocenters. The standard InChI is InChI=1S/C24H31BN4O3/c1-7-21(24(4,5)6)29(23(31)19-11-15(2)10-16(3)12-19)27-22(30)17-8-9-18-14-26-28-25(32)20(18)13-17/h8-14,21,28,32H,7H2,1-6H3,(H,27,30)/t21-/m1/s1. The van der Waals surface area contributed by atoms with Crippen molar-refractivity contribution < 1.29 is 14.6 Å². The summed E-state index contributed by atoms with van der Waals surface area (Å²) in [5, 5.41) is 18.1. The number of hydrazine groups is 1. The topological polar surface area (TPSA) is 94.0 Å². The van der Waals surface area contributed by atoms with Crippen molar-refractivity contribution >= 4 is 30.5 Å². The van der Waals surface area contributed by atoms with Crippen molar-refractivity contribution in [3.05, 3.63) is 64.2 Å². The van der Waals surface area contributed by atoms with Gasteiger partial charge in [-0.05, 0) is 61.0 Å². The zero-order chi connectivity index (χ0) is 23.6. The van der Waals surface area contributed by atoms with Crippen LogP contribution in [0.4, 0.5) is 0 Å². The number of rotatable bonds is 4. The molecule has 0 unspecified atom stereocenters. The molecule has 0 radical (unpaired) electrons. The third kappa shape index (κ3) is 5.02. The van der Waals surface area contributed by atoms with Gasteiger partial charge in [-0.2, -0.15) is 5.10 Å². The van der Waals surface area contributed by atoms with E-state index < -0.39 is 13.0 Å². The van der Waals surface area contributed by atoms with Crippen LogP contribution in [0.2, 0.25) is 0 Å². The van der Waals surface area contributed by atoms with Crippen molar-refractivity contribution in [3.63, 3.8) is 0 Å². The average Bonchev–Trinajstić information content (AvgIpc) is 2.71. The average molecular weight is 434 g/mol. The van der Waals surface area contributed by atoms with E-state index in [-0.39, 0.29) is 17.4 Å². The summed E-state index contributed by atoms with van der Waals surface area (Å²) in [7, 11) is -0.992. The molecule has 168 valence electrons. The molecule has 8 heteroatoms. The molecule has 3 N–H and O–H groups in total. The second-order valence-electron chi connectivity index (χ2n) is 9.42. The van der Waals surface area contributed by atoms with Crippen molar-refractivity contribution in [3.8, 4) is 0 Å². The molecule has 2 amide bonds. The molecule has 1 heterocycles. The lowest BCUT2D eigenvalue weighted by molar-refractivity contribution is 0.0285. The quantitative estimate of drug-likeness (QED) is 0.509. The summed E-state index contributed by atoms with van der Waals surface area (Å²) >= 11 is 0. The summed E-state index contributed by atoms with van der Waals surface area (Å²) in [4.78, 5) is 26.8. The first kappa shape index (κ1) is 23.5. The molecular weight excluding hydrogens is 403 g/mol. The van der Waals surface area contributed by atoms with Crippen molar-refractivity contribution in [1.82, 2.24) is 15.8 Å². The molecule has 1 aliphatic heterocycles.